The van der Waals surface area contributed by atoms with E-state index in [0.29, 0.717) is 5.92 Å². The Bertz CT molecular complexity index is 248. The number of hydrogen-bond donors (Lipinski definition) is 0. The first-order valence-electron chi connectivity index (χ1n) is 6.16. The molecule has 16 heavy (non-hydrogen) atoms. The van der Waals surface area contributed by atoms with E-state index in [0.717, 1.165) is 12.8 Å². The number of hydrogen-bond acceptors (Lipinski definition) is 1. The molecule has 0 heterocycles. The highest BCUT2D eigenvalue weighted by Crippen LogP contribution is 2.17. The largest absolute Gasteiger partial charge is 0.131 e. The lowest BCUT2D eigenvalue weighted by molar-refractivity contribution is 0.715. The molecule has 1 atom stereocenters. The van der Waals surface area contributed by atoms with Gasteiger partial charge >= 0.3 is 0 Å². The van der Waals surface area contributed by atoms with Crippen LogP contribution in [-0.4, -0.2) is 5.75 Å². The van der Waals surface area contributed by atoms with Crippen molar-refractivity contribution in [1.82, 2.24) is 0 Å². The van der Waals surface area contributed by atoms with E-state index in [1.807, 2.05) is 11.8 Å². The lowest BCUT2D eigenvalue weighted by Gasteiger charge is -2.04. The van der Waals surface area contributed by atoms with Crippen LogP contribution in [0.4, 0.5) is 0 Å². The molecule has 1 heteroatoms. The van der Waals surface area contributed by atoms with Crippen molar-refractivity contribution in [3.8, 4) is 0 Å². The van der Waals surface area contributed by atoms with Crippen LogP contribution in [0.2, 0.25) is 0 Å². The Labute approximate surface area is 106 Å². The van der Waals surface area contributed by atoms with Crippen molar-refractivity contribution in [3.05, 3.63) is 35.3 Å². The summed E-state index contributed by atoms with van der Waals surface area (Å²) in [7, 11) is 0. The van der Waals surface area contributed by atoms with Crippen molar-refractivity contribution in [1.29, 1.82) is 0 Å². The van der Waals surface area contributed by atoms with Crippen LogP contribution in [0.5, 0.6) is 0 Å². The number of rotatable bonds is 8. The third-order valence-electron chi connectivity index (χ3n) is 2.24. The highest BCUT2D eigenvalue weighted by molar-refractivity contribution is 8.03. The van der Waals surface area contributed by atoms with E-state index in [-0.39, 0.29) is 0 Å². The van der Waals surface area contributed by atoms with Crippen LogP contribution < -0.4 is 0 Å². The fourth-order valence-electron chi connectivity index (χ4n) is 1.58. The first kappa shape index (κ1) is 15.6. The monoisotopic (exact) mass is 238 g/mol. The van der Waals surface area contributed by atoms with Gasteiger partial charge in [-0.15, -0.1) is 18.3 Å². The fourth-order valence-corrected chi connectivity index (χ4v) is 2.44. The fraction of sp³-hybridized carbons (Fsp3) is 0.600. The Morgan fingerprint density at radius 2 is 2.06 bits per heavy atom. The zero-order chi connectivity index (χ0) is 12.4. The van der Waals surface area contributed by atoms with E-state index in [4.69, 9.17) is 0 Å². The molecule has 0 aromatic carbocycles. The van der Waals surface area contributed by atoms with Gasteiger partial charge in [0, 0.05) is 5.75 Å². The SMILES string of the molecule is C=C(C)CC(C)/C=C/CCS/C(C)=C\CC. The van der Waals surface area contributed by atoms with Crippen LogP contribution in [-0.2, 0) is 0 Å². The standard InChI is InChI=1S/C15H26S/c1-6-9-15(5)16-11-8-7-10-14(4)12-13(2)3/h7,9-10,14H,2,6,8,11-12H2,1,3-5H3/b10-7+,15-9-. The third kappa shape index (κ3) is 10.1. The maximum atomic E-state index is 3.94. The Kier molecular flexibility index (Phi) is 9.51. The minimum atomic E-state index is 0.634. The van der Waals surface area contributed by atoms with Crippen molar-refractivity contribution in [3.63, 3.8) is 0 Å². The summed E-state index contributed by atoms with van der Waals surface area (Å²) in [5.41, 5.74) is 1.27. The smallest absolute Gasteiger partial charge is 0.00112 e. The normalized spacial score (nSPS) is 14.4. The molecule has 0 radical (unpaired) electrons. The van der Waals surface area contributed by atoms with Crippen LogP contribution in [0.15, 0.2) is 35.3 Å². The Morgan fingerprint density at radius 1 is 1.38 bits per heavy atom. The van der Waals surface area contributed by atoms with Gasteiger partial charge in [0.25, 0.3) is 0 Å². The van der Waals surface area contributed by atoms with Crippen molar-refractivity contribution in [2.24, 2.45) is 5.92 Å². The predicted molar refractivity (Wildman–Crippen MR) is 78.9 cm³/mol. The van der Waals surface area contributed by atoms with Crippen LogP contribution >= 0.6 is 11.8 Å². The zero-order valence-corrected chi connectivity index (χ0v) is 12.1. The van der Waals surface area contributed by atoms with Crippen molar-refractivity contribution >= 4 is 11.8 Å². The summed E-state index contributed by atoms with van der Waals surface area (Å²) in [4.78, 5) is 1.45. The Morgan fingerprint density at radius 3 is 2.62 bits per heavy atom. The molecule has 0 aliphatic carbocycles. The molecule has 0 nitrogen and oxygen atoms in total. The topological polar surface area (TPSA) is 0 Å². The van der Waals surface area contributed by atoms with Crippen LogP contribution in [0.25, 0.3) is 0 Å². The molecule has 0 rings (SSSR count). The first-order valence-corrected chi connectivity index (χ1v) is 7.15. The first-order chi connectivity index (χ1) is 7.56. The lowest BCUT2D eigenvalue weighted by atomic mass is 10.0. The van der Waals surface area contributed by atoms with Gasteiger partial charge in [-0.2, -0.15) is 0 Å². The second-order valence-electron chi connectivity index (χ2n) is 4.43. The van der Waals surface area contributed by atoms with Gasteiger partial charge in [0.2, 0.25) is 0 Å². The summed E-state index contributed by atoms with van der Waals surface area (Å²) in [6.45, 7) is 12.7. The summed E-state index contributed by atoms with van der Waals surface area (Å²) in [5.74, 6) is 1.83. The van der Waals surface area contributed by atoms with Gasteiger partial charge < -0.3 is 0 Å². The Hall–Kier alpha value is -0.430. The number of allylic oxidation sites excluding steroid dienone is 5. The molecule has 1 unspecified atom stereocenters. The molecule has 0 fully saturated rings. The van der Waals surface area contributed by atoms with Gasteiger partial charge in [-0.3, -0.25) is 0 Å². The van der Waals surface area contributed by atoms with E-state index in [9.17, 15) is 0 Å². The quantitative estimate of drug-likeness (QED) is 0.393. The summed E-state index contributed by atoms with van der Waals surface area (Å²) in [6.07, 6.45) is 10.3. The van der Waals surface area contributed by atoms with Gasteiger partial charge in [0.15, 0.2) is 0 Å². The molecule has 0 bridgehead atoms. The average molecular weight is 238 g/mol. The van der Waals surface area contributed by atoms with E-state index in [1.54, 1.807) is 0 Å². The summed E-state index contributed by atoms with van der Waals surface area (Å²) in [6, 6.07) is 0. The maximum absolute atomic E-state index is 3.94. The van der Waals surface area contributed by atoms with Gasteiger partial charge in [0.05, 0.1) is 0 Å². The second-order valence-corrected chi connectivity index (χ2v) is 5.77. The van der Waals surface area contributed by atoms with Crippen LogP contribution in [0, 0.1) is 5.92 Å². The molecule has 0 saturated carbocycles. The maximum Gasteiger partial charge on any atom is 0.00112 e. The molecular weight excluding hydrogens is 212 g/mol. The van der Waals surface area contributed by atoms with E-state index < -0.39 is 0 Å². The molecule has 0 saturated heterocycles. The molecule has 0 N–H and O–H groups in total. The van der Waals surface area contributed by atoms with Crippen molar-refractivity contribution in [2.75, 3.05) is 5.75 Å². The minimum Gasteiger partial charge on any atom is -0.131 e. The molecule has 0 aliphatic heterocycles. The second kappa shape index (κ2) is 9.77. The van der Waals surface area contributed by atoms with Crippen LogP contribution in [0.1, 0.15) is 47.0 Å². The third-order valence-corrected chi connectivity index (χ3v) is 3.30. The molecular formula is C15H26S. The average Bonchev–Trinajstić information content (AvgIpc) is 2.16. The van der Waals surface area contributed by atoms with E-state index >= 15 is 0 Å². The van der Waals surface area contributed by atoms with E-state index in [1.165, 1.54) is 22.7 Å². The minimum absolute atomic E-state index is 0.634. The summed E-state index contributed by atoms with van der Waals surface area (Å²) >= 11 is 1.96. The zero-order valence-electron chi connectivity index (χ0n) is 11.3. The molecule has 0 aromatic rings. The van der Waals surface area contributed by atoms with Gasteiger partial charge in [0.1, 0.15) is 0 Å². The van der Waals surface area contributed by atoms with E-state index in [2.05, 4.69) is 52.5 Å². The van der Waals surface area contributed by atoms with Crippen molar-refractivity contribution < 1.29 is 0 Å². The highest BCUT2D eigenvalue weighted by atomic mass is 32.2. The summed E-state index contributed by atoms with van der Waals surface area (Å²) in [5, 5.41) is 0. The molecule has 0 aromatic heterocycles. The van der Waals surface area contributed by atoms with Gasteiger partial charge in [-0.05, 0) is 43.9 Å². The molecule has 0 spiro atoms. The van der Waals surface area contributed by atoms with Crippen molar-refractivity contribution in [2.45, 2.75) is 47.0 Å². The summed E-state index contributed by atoms with van der Waals surface area (Å²) < 4.78 is 0. The van der Waals surface area contributed by atoms with Gasteiger partial charge in [-0.25, -0.2) is 0 Å². The van der Waals surface area contributed by atoms with Gasteiger partial charge in [-0.1, -0.05) is 37.6 Å². The molecule has 92 valence electrons. The molecule has 0 amide bonds. The lowest BCUT2D eigenvalue weighted by Crippen LogP contribution is -1.89. The number of thioether (sulfide) groups is 1. The predicted octanol–water partition coefficient (Wildman–Crippen LogP) is 5.58. The Balaban J connectivity index is 3.61. The molecule has 0 aliphatic rings. The highest BCUT2D eigenvalue weighted by Gasteiger charge is 1.96. The van der Waals surface area contributed by atoms with Crippen LogP contribution in [0.3, 0.4) is 0 Å².